The van der Waals surface area contributed by atoms with Crippen molar-refractivity contribution in [3.05, 3.63) is 94.5 Å². The molecule has 0 amide bonds. The lowest BCUT2D eigenvalue weighted by Crippen LogP contribution is -2.55. The van der Waals surface area contributed by atoms with Crippen LogP contribution < -0.4 is 9.47 Å². The Kier molecular flexibility index (Phi) is 8.62. The lowest BCUT2D eigenvalue weighted by molar-refractivity contribution is -0.231. The summed E-state index contributed by atoms with van der Waals surface area (Å²) in [5, 5.41) is 40.6. The van der Waals surface area contributed by atoms with Gasteiger partial charge in [0.25, 0.3) is 0 Å². The maximum atomic E-state index is 10.4. The number of ether oxygens (including phenoxy) is 3. The molecule has 1 aliphatic rings. The van der Waals surface area contributed by atoms with Crippen LogP contribution in [0.4, 0.5) is 0 Å². The molecular weight excluding hydrogens is 472 g/mol. The number of aliphatic hydroxyl groups excluding tert-OH is 4. The molecule has 1 saturated heterocycles. The molecule has 35 heavy (non-hydrogen) atoms. The van der Waals surface area contributed by atoms with E-state index in [9.17, 15) is 20.4 Å². The zero-order chi connectivity index (χ0) is 24.8. The number of rotatable bonds is 9. The first-order chi connectivity index (χ1) is 17.0. The smallest absolute Gasteiger partial charge is 0.122 e. The fourth-order valence-electron chi connectivity index (χ4n) is 4.04. The van der Waals surface area contributed by atoms with Gasteiger partial charge in [0, 0.05) is 5.02 Å². The Hall–Kier alpha value is -2.65. The third kappa shape index (κ3) is 6.32. The number of para-hydroxylation sites is 1. The van der Waals surface area contributed by atoms with Gasteiger partial charge in [-0.15, -0.1) is 0 Å². The Morgan fingerprint density at radius 2 is 1.43 bits per heavy atom. The molecule has 0 saturated carbocycles. The molecule has 7 nitrogen and oxygen atoms in total. The van der Waals surface area contributed by atoms with Crippen molar-refractivity contribution in [3.8, 4) is 11.5 Å². The van der Waals surface area contributed by atoms with Crippen molar-refractivity contribution < 1.29 is 34.6 Å². The van der Waals surface area contributed by atoms with Gasteiger partial charge >= 0.3 is 0 Å². The standard InChI is InChI=1S/C27H29ClO7/c28-22-11-8-18(27-26(32)25(31)24(30)23(16-29)35-27)15-19(22)14-17-6-9-21(10-7-17)34-13-12-33-20-4-2-1-3-5-20/h1-11,15,23-27,29-32H,12-14,16H2/t23-,24-,25+,26-,27+/m1/s1. The lowest BCUT2D eigenvalue weighted by atomic mass is 9.90. The molecule has 3 aromatic rings. The first-order valence-electron chi connectivity index (χ1n) is 11.4. The molecular formula is C27H29ClO7. The van der Waals surface area contributed by atoms with Crippen molar-refractivity contribution in [2.24, 2.45) is 0 Å². The minimum absolute atomic E-state index is 0.418. The molecule has 3 aromatic carbocycles. The van der Waals surface area contributed by atoms with Crippen LogP contribution in [0.3, 0.4) is 0 Å². The van der Waals surface area contributed by atoms with Gasteiger partial charge < -0.3 is 34.6 Å². The Morgan fingerprint density at radius 3 is 2.09 bits per heavy atom. The molecule has 0 spiro atoms. The molecule has 4 N–H and O–H groups in total. The topological polar surface area (TPSA) is 109 Å². The Balaban J connectivity index is 1.37. The van der Waals surface area contributed by atoms with Crippen molar-refractivity contribution in [2.45, 2.75) is 36.9 Å². The molecule has 1 aliphatic heterocycles. The number of hydrogen-bond donors (Lipinski definition) is 4. The van der Waals surface area contributed by atoms with E-state index in [4.69, 9.17) is 25.8 Å². The predicted molar refractivity (Wildman–Crippen MR) is 131 cm³/mol. The van der Waals surface area contributed by atoms with E-state index in [1.165, 1.54) is 0 Å². The average Bonchev–Trinajstić information content (AvgIpc) is 2.88. The van der Waals surface area contributed by atoms with Crippen LogP contribution in [0.15, 0.2) is 72.8 Å². The summed E-state index contributed by atoms with van der Waals surface area (Å²) in [6.45, 7) is 0.377. The third-order valence-corrected chi connectivity index (χ3v) is 6.34. The van der Waals surface area contributed by atoms with E-state index in [0.717, 1.165) is 22.6 Å². The Bertz CT molecular complexity index is 1070. The molecule has 0 aliphatic carbocycles. The summed E-state index contributed by atoms with van der Waals surface area (Å²) in [5.74, 6) is 1.53. The zero-order valence-electron chi connectivity index (χ0n) is 19.0. The quantitative estimate of drug-likeness (QED) is 0.334. The van der Waals surface area contributed by atoms with Crippen LogP contribution in [-0.2, 0) is 11.2 Å². The van der Waals surface area contributed by atoms with Crippen molar-refractivity contribution in [2.75, 3.05) is 19.8 Å². The predicted octanol–water partition coefficient (Wildman–Crippen LogP) is 2.90. The molecule has 1 fully saturated rings. The van der Waals surface area contributed by atoms with E-state index in [2.05, 4.69) is 0 Å². The van der Waals surface area contributed by atoms with Gasteiger partial charge in [-0.05, 0) is 53.4 Å². The summed E-state index contributed by atoms with van der Waals surface area (Å²) in [5.41, 5.74) is 2.41. The van der Waals surface area contributed by atoms with Crippen LogP contribution in [0.5, 0.6) is 11.5 Å². The van der Waals surface area contributed by atoms with Crippen molar-refractivity contribution in [1.82, 2.24) is 0 Å². The molecule has 4 rings (SSSR count). The highest BCUT2D eigenvalue weighted by Gasteiger charge is 2.44. The van der Waals surface area contributed by atoms with E-state index < -0.39 is 37.1 Å². The summed E-state index contributed by atoms with van der Waals surface area (Å²) in [6, 6.07) is 22.4. The maximum Gasteiger partial charge on any atom is 0.122 e. The fraction of sp³-hybridized carbons (Fsp3) is 0.333. The van der Waals surface area contributed by atoms with Gasteiger partial charge in [-0.2, -0.15) is 0 Å². The fourth-order valence-corrected chi connectivity index (χ4v) is 4.23. The highest BCUT2D eigenvalue weighted by Crippen LogP contribution is 2.34. The second-order valence-electron chi connectivity index (χ2n) is 8.43. The van der Waals surface area contributed by atoms with Gasteiger partial charge in [0.15, 0.2) is 0 Å². The molecule has 186 valence electrons. The van der Waals surface area contributed by atoms with Crippen molar-refractivity contribution in [1.29, 1.82) is 0 Å². The lowest BCUT2D eigenvalue weighted by Gasteiger charge is -2.40. The zero-order valence-corrected chi connectivity index (χ0v) is 19.8. The van der Waals surface area contributed by atoms with Crippen molar-refractivity contribution in [3.63, 3.8) is 0 Å². The molecule has 0 bridgehead atoms. The monoisotopic (exact) mass is 500 g/mol. The van der Waals surface area contributed by atoms with Crippen LogP contribution in [-0.4, -0.2) is 64.7 Å². The first-order valence-corrected chi connectivity index (χ1v) is 11.8. The summed E-state index contributed by atoms with van der Waals surface area (Å²) in [4.78, 5) is 0. The molecule has 5 atom stereocenters. The second kappa shape index (κ2) is 11.9. The summed E-state index contributed by atoms with van der Waals surface area (Å²) in [7, 11) is 0. The van der Waals surface area contributed by atoms with Gasteiger partial charge in [-0.25, -0.2) is 0 Å². The van der Waals surface area contributed by atoms with Gasteiger partial charge in [0.1, 0.15) is 55.2 Å². The van der Waals surface area contributed by atoms with E-state index in [1.54, 1.807) is 18.2 Å². The van der Waals surface area contributed by atoms with Crippen LogP contribution in [0.2, 0.25) is 5.02 Å². The van der Waals surface area contributed by atoms with E-state index in [0.29, 0.717) is 30.2 Å². The van der Waals surface area contributed by atoms with Crippen molar-refractivity contribution >= 4 is 11.6 Å². The molecule has 0 unspecified atom stereocenters. The third-order valence-electron chi connectivity index (χ3n) is 5.97. The minimum atomic E-state index is -1.43. The van der Waals surface area contributed by atoms with Gasteiger partial charge in [0.2, 0.25) is 0 Å². The summed E-state index contributed by atoms with van der Waals surface area (Å²) in [6.07, 6.45) is -5.52. The Morgan fingerprint density at radius 1 is 0.771 bits per heavy atom. The molecule has 0 radical (unpaired) electrons. The maximum absolute atomic E-state index is 10.4. The highest BCUT2D eigenvalue weighted by molar-refractivity contribution is 6.31. The van der Waals surface area contributed by atoms with E-state index in [1.807, 2.05) is 54.6 Å². The summed E-state index contributed by atoms with van der Waals surface area (Å²) < 4.78 is 17.0. The van der Waals surface area contributed by atoms with Crippen LogP contribution in [0.1, 0.15) is 22.8 Å². The van der Waals surface area contributed by atoms with Crippen LogP contribution in [0, 0.1) is 0 Å². The molecule has 0 aromatic heterocycles. The average molecular weight is 501 g/mol. The summed E-state index contributed by atoms with van der Waals surface area (Å²) >= 11 is 6.42. The normalized spacial score (nSPS) is 24.2. The molecule has 8 heteroatoms. The van der Waals surface area contributed by atoms with E-state index >= 15 is 0 Å². The largest absolute Gasteiger partial charge is 0.490 e. The SMILES string of the molecule is OC[C@H]1O[C@@H](c2ccc(Cl)c(Cc3ccc(OCCOc4ccccc4)cc3)c2)[C@H](O)[C@@H](O)[C@@H]1O. The van der Waals surface area contributed by atoms with Gasteiger partial charge in [-0.3, -0.25) is 0 Å². The minimum Gasteiger partial charge on any atom is -0.490 e. The van der Waals surface area contributed by atoms with Crippen LogP contribution >= 0.6 is 11.6 Å². The first kappa shape index (κ1) is 25.4. The number of benzene rings is 3. The van der Waals surface area contributed by atoms with E-state index in [-0.39, 0.29) is 0 Å². The number of halogens is 1. The second-order valence-corrected chi connectivity index (χ2v) is 8.84. The highest BCUT2D eigenvalue weighted by atomic mass is 35.5. The van der Waals surface area contributed by atoms with Gasteiger partial charge in [0.05, 0.1) is 6.61 Å². The van der Waals surface area contributed by atoms with Gasteiger partial charge in [-0.1, -0.05) is 54.1 Å². The van der Waals surface area contributed by atoms with Crippen LogP contribution in [0.25, 0.3) is 0 Å². The number of aliphatic hydroxyl groups is 4. The Labute approximate surface area is 209 Å². The molecule has 1 heterocycles. The number of hydrogen-bond acceptors (Lipinski definition) is 7.